The van der Waals surface area contributed by atoms with E-state index in [1.807, 2.05) is 0 Å². The zero-order valence-corrected chi connectivity index (χ0v) is 20.3. The van der Waals surface area contributed by atoms with Crippen LogP contribution in [0.2, 0.25) is 5.02 Å². The molecule has 7 nitrogen and oxygen atoms in total. The molecule has 0 bridgehead atoms. The number of nitrogens with one attached hydrogen (secondary N) is 3. The van der Waals surface area contributed by atoms with E-state index in [2.05, 4.69) is 20.3 Å². The molecule has 1 fully saturated rings. The van der Waals surface area contributed by atoms with E-state index < -0.39 is 10.0 Å². The smallest absolute Gasteiger partial charge is 0.263 e. The second-order valence-electron chi connectivity index (χ2n) is 7.37. The Morgan fingerprint density at radius 3 is 2.55 bits per heavy atom. The van der Waals surface area contributed by atoms with Crippen LogP contribution in [-0.2, 0) is 21.2 Å². The Bertz CT molecular complexity index is 930. The normalized spacial score (nSPS) is 14.6. The van der Waals surface area contributed by atoms with Crippen LogP contribution in [0, 0.1) is 0 Å². The number of carbonyl (C=O) groups is 1. The van der Waals surface area contributed by atoms with Crippen molar-refractivity contribution in [1.82, 2.24) is 15.6 Å². The minimum absolute atomic E-state index is 0. The molecular formula is C20H28Cl2N4O3S2. The van der Waals surface area contributed by atoms with Gasteiger partial charge in [0, 0.05) is 23.0 Å². The van der Waals surface area contributed by atoms with Crippen LogP contribution in [0.15, 0.2) is 34.5 Å². The van der Waals surface area contributed by atoms with E-state index in [9.17, 15) is 13.2 Å². The number of benzene rings is 1. The molecule has 0 spiro atoms. The molecule has 0 unspecified atom stereocenters. The van der Waals surface area contributed by atoms with E-state index in [0.717, 1.165) is 24.3 Å². The highest BCUT2D eigenvalue weighted by molar-refractivity contribution is 7.93. The van der Waals surface area contributed by atoms with Crippen molar-refractivity contribution in [3.05, 3.63) is 40.4 Å². The van der Waals surface area contributed by atoms with Gasteiger partial charge in [-0.15, -0.1) is 23.7 Å². The maximum atomic E-state index is 12.4. The van der Waals surface area contributed by atoms with Crippen molar-refractivity contribution in [2.75, 3.05) is 17.8 Å². The molecule has 0 radical (unpaired) electrons. The lowest BCUT2D eigenvalue weighted by molar-refractivity contribution is -0.120. The number of halogens is 2. The largest absolute Gasteiger partial charge is 0.356 e. The molecule has 2 aromatic rings. The SMILES string of the molecule is Cl.O=C(Cc1csc(NS(=O)(=O)c2ccc(Cl)cc2)n1)NCCCNC1CCCCC1. The molecule has 1 saturated carbocycles. The Morgan fingerprint density at radius 2 is 1.84 bits per heavy atom. The molecule has 3 N–H and O–H groups in total. The molecule has 31 heavy (non-hydrogen) atoms. The summed E-state index contributed by atoms with van der Waals surface area (Å²) in [6.07, 6.45) is 7.45. The average Bonchev–Trinajstić information content (AvgIpc) is 3.14. The van der Waals surface area contributed by atoms with Crippen LogP contribution < -0.4 is 15.4 Å². The topological polar surface area (TPSA) is 100 Å². The highest BCUT2D eigenvalue weighted by Gasteiger charge is 2.17. The summed E-state index contributed by atoms with van der Waals surface area (Å²) in [5, 5.41) is 8.81. The Balaban J connectivity index is 0.00000341. The Labute approximate surface area is 198 Å². The van der Waals surface area contributed by atoms with Gasteiger partial charge in [0.15, 0.2) is 5.13 Å². The molecule has 172 valence electrons. The minimum atomic E-state index is -3.74. The van der Waals surface area contributed by atoms with Gasteiger partial charge < -0.3 is 10.6 Å². The van der Waals surface area contributed by atoms with Crippen LogP contribution in [0.4, 0.5) is 5.13 Å². The number of hydrogen-bond donors (Lipinski definition) is 3. The molecule has 3 rings (SSSR count). The maximum Gasteiger partial charge on any atom is 0.263 e. The Kier molecular flexibility index (Phi) is 10.5. The van der Waals surface area contributed by atoms with Crippen molar-refractivity contribution in [2.24, 2.45) is 0 Å². The van der Waals surface area contributed by atoms with Gasteiger partial charge in [-0.3, -0.25) is 9.52 Å². The third-order valence-electron chi connectivity index (χ3n) is 4.95. The molecule has 1 aromatic carbocycles. The van der Waals surface area contributed by atoms with Gasteiger partial charge in [-0.2, -0.15) is 0 Å². The van der Waals surface area contributed by atoms with Crippen molar-refractivity contribution < 1.29 is 13.2 Å². The predicted octanol–water partition coefficient (Wildman–Crippen LogP) is 3.99. The standard InChI is InChI=1S/C20H27ClN4O3S2.ClH/c21-15-7-9-18(10-8-15)30(27,28)25-20-24-17(14-29-20)13-19(26)23-12-4-11-22-16-5-2-1-3-6-16;/h7-10,14,16,22H,1-6,11-13H2,(H,23,26)(H,24,25);1H. The summed E-state index contributed by atoms with van der Waals surface area (Å²) in [5.74, 6) is -0.120. The summed E-state index contributed by atoms with van der Waals surface area (Å²) in [4.78, 5) is 16.4. The van der Waals surface area contributed by atoms with E-state index >= 15 is 0 Å². The van der Waals surface area contributed by atoms with Gasteiger partial charge in [0.1, 0.15) is 0 Å². The molecule has 1 amide bonds. The number of thiazole rings is 1. The second-order valence-corrected chi connectivity index (χ2v) is 10.3. The van der Waals surface area contributed by atoms with Crippen molar-refractivity contribution in [1.29, 1.82) is 0 Å². The number of sulfonamides is 1. The minimum Gasteiger partial charge on any atom is -0.356 e. The first kappa shape index (κ1) is 25.9. The van der Waals surface area contributed by atoms with E-state index in [0.29, 0.717) is 23.3 Å². The fourth-order valence-corrected chi connectivity index (χ4v) is 5.47. The number of rotatable bonds is 10. The summed E-state index contributed by atoms with van der Waals surface area (Å²) in [6, 6.07) is 6.50. The van der Waals surface area contributed by atoms with Crippen molar-refractivity contribution in [3.63, 3.8) is 0 Å². The first-order chi connectivity index (χ1) is 14.4. The number of carbonyl (C=O) groups excluding carboxylic acids is 1. The van der Waals surface area contributed by atoms with Crippen molar-refractivity contribution in [2.45, 2.75) is 55.9 Å². The van der Waals surface area contributed by atoms with Crippen LogP contribution in [0.25, 0.3) is 0 Å². The third-order valence-corrected chi connectivity index (χ3v) is 7.50. The lowest BCUT2D eigenvalue weighted by atomic mass is 9.95. The van der Waals surface area contributed by atoms with Gasteiger partial charge in [-0.05, 0) is 50.1 Å². The van der Waals surface area contributed by atoms with Crippen LogP contribution >= 0.6 is 35.3 Å². The number of anilines is 1. The maximum absolute atomic E-state index is 12.4. The first-order valence-corrected chi connectivity index (χ1v) is 12.9. The molecule has 0 aliphatic heterocycles. The van der Waals surface area contributed by atoms with Gasteiger partial charge in [0.2, 0.25) is 5.91 Å². The molecule has 11 heteroatoms. The van der Waals surface area contributed by atoms with Crippen LogP contribution in [0.5, 0.6) is 0 Å². The molecule has 0 atom stereocenters. The summed E-state index contributed by atoms with van der Waals surface area (Å²) in [7, 11) is -3.74. The second kappa shape index (κ2) is 12.6. The zero-order valence-electron chi connectivity index (χ0n) is 17.1. The van der Waals surface area contributed by atoms with Crippen LogP contribution in [-0.4, -0.2) is 38.4 Å². The Hall–Kier alpha value is -1.39. The van der Waals surface area contributed by atoms with E-state index in [4.69, 9.17) is 11.6 Å². The van der Waals surface area contributed by atoms with Crippen molar-refractivity contribution in [3.8, 4) is 0 Å². The fraction of sp³-hybridized carbons (Fsp3) is 0.500. The molecule has 1 heterocycles. The predicted molar refractivity (Wildman–Crippen MR) is 128 cm³/mol. The number of hydrogen-bond acceptors (Lipinski definition) is 6. The lowest BCUT2D eigenvalue weighted by Crippen LogP contribution is -2.34. The molecule has 0 saturated heterocycles. The van der Waals surface area contributed by atoms with Crippen molar-refractivity contribution >= 4 is 56.4 Å². The molecular weight excluding hydrogens is 479 g/mol. The van der Waals surface area contributed by atoms with E-state index in [1.165, 1.54) is 56.4 Å². The fourth-order valence-electron chi connectivity index (χ4n) is 3.38. The van der Waals surface area contributed by atoms with Crippen LogP contribution in [0.1, 0.15) is 44.2 Å². The van der Waals surface area contributed by atoms with Gasteiger partial charge in [0.05, 0.1) is 17.0 Å². The number of amides is 1. The van der Waals surface area contributed by atoms with E-state index in [1.54, 1.807) is 5.38 Å². The first-order valence-electron chi connectivity index (χ1n) is 10.2. The molecule has 1 aromatic heterocycles. The van der Waals surface area contributed by atoms with Gasteiger partial charge in [-0.1, -0.05) is 30.9 Å². The third kappa shape index (κ3) is 8.57. The monoisotopic (exact) mass is 506 g/mol. The summed E-state index contributed by atoms with van der Waals surface area (Å²) >= 11 is 6.94. The molecule has 1 aliphatic carbocycles. The Morgan fingerprint density at radius 1 is 1.13 bits per heavy atom. The summed E-state index contributed by atoms with van der Waals surface area (Å²) in [6.45, 7) is 1.51. The highest BCUT2D eigenvalue weighted by atomic mass is 35.5. The van der Waals surface area contributed by atoms with Crippen LogP contribution in [0.3, 0.4) is 0 Å². The highest BCUT2D eigenvalue weighted by Crippen LogP contribution is 2.21. The molecule has 1 aliphatic rings. The summed E-state index contributed by atoms with van der Waals surface area (Å²) < 4.78 is 27.2. The number of nitrogens with zero attached hydrogens (tertiary/aromatic N) is 1. The van der Waals surface area contributed by atoms with Gasteiger partial charge in [-0.25, -0.2) is 13.4 Å². The van der Waals surface area contributed by atoms with E-state index in [-0.39, 0.29) is 34.8 Å². The van der Waals surface area contributed by atoms with Gasteiger partial charge >= 0.3 is 0 Å². The van der Waals surface area contributed by atoms with Gasteiger partial charge in [0.25, 0.3) is 10.0 Å². The zero-order chi connectivity index (χ0) is 21.4. The number of aromatic nitrogens is 1. The summed E-state index contributed by atoms with van der Waals surface area (Å²) in [5.41, 5.74) is 0.534. The lowest BCUT2D eigenvalue weighted by Gasteiger charge is -2.22. The average molecular weight is 508 g/mol. The quantitative estimate of drug-likeness (QED) is 0.423.